The third kappa shape index (κ3) is 11.5. The van der Waals surface area contributed by atoms with Crippen LogP contribution in [0.1, 0.15) is 84.5 Å². The standard InChI is InChI=1S/C44H69N5O7/c1-13-28(6)41(48(10)44(54)34(26(2)3)22-36(50)40(27(4)5)47(8)9)38(55-11)23-39(52)49-25-33(45)21-35(49)42(56-12)29(7)43(53)46-24-37(51)32-19-18-30-16-14-15-17-31(30)20-32/h14-20,26-29,33-35,38,40-42H,13,21-25,45H2,1-12H3,(H,46,53)/t28-,29+,33-,34-,35-,38+,40-,41-,42+/m0/s1. The fourth-order valence-corrected chi connectivity index (χ4v) is 8.62. The number of fused-ring (bicyclic) bond motifs is 1. The normalized spacial score (nSPS) is 19.8. The highest BCUT2D eigenvalue weighted by Crippen LogP contribution is 2.31. The first-order valence-electron chi connectivity index (χ1n) is 20.2. The number of carbonyl (C=O) groups excluding carboxylic acids is 5. The second-order valence-corrected chi connectivity index (χ2v) is 16.8. The first kappa shape index (κ1) is 46.7. The molecular weight excluding hydrogens is 711 g/mol. The Bertz CT molecular complexity index is 1640. The summed E-state index contributed by atoms with van der Waals surface area (Å²) < 4.78 is 11.9. The fourth-order valence-electron chi connectivity index (χ4n) is 8.62. The molecule has 12 nitrogen and oxygen atoms in total. The minimum absolute atomic E-state index is 0.0229. The van der Waals surface area contributed by atoms with Crippen molar-refractivity contribution in [2.24, 2.45) is 35.3 Å². The Balaban J connectivity index is 1.77. The van der Waals surface area contributed by atoms with Gasteiger partial charge in [0.05, 0.1) is 49.2 Å². The molecule has 2 aromatic carbocycles. The molecule has 0 aromatic heterocycles. The molecule has 3 N–H and O–H groups in total. The molecule has 56 heavy (non-hydrogen) atoms. The molecule has 1 heterocycles. The molecule has 0 aliphatic carbocycles. The van der Waals surface area contributed by atoms with Crippen LogP contribution in [0.2, 0.25) is 0 Å². The molecule has 0 spiro atoms. The van der Waals surface area contributed by atoms with E-state index in [9.17, 15) is 24.0 Å². The molecule has 312 valence electrons. The lowest BCUT2D eigenvalue weighted by Gasteiger charge is -2.41. The van der Waals surface area contributed by atoms with Crippen molar-refractivity contribution in [2.45, 2.75) is 111 Å². The van der Waals surface area contributed by atoms with Gasteiger partial charge < -0.3 is 30.3 Å². The van der Waals surface area contributed by atoms with Gasteiger partial charge in [-0.25, -0.2) is 0 Å². The van der Waals surface area contributed by atoms with Crippen molar-refractivity contribution in [3.05, 3.63) is 48.0 Å². The van der Waals surface area contributed by atoms with Crippen molar-refractivity contribution in [1.82, 2.24) is 20.0 Å². The maximum absolute atomic E-state index is 14.3. The van der Waals surface area contributed by atoms with E-state index < -0.39 is 36.1 Å². The Hall–Kier alpha value is -3.71. The molecule has 1 fully saturated rings. The number of hydrogen-bond donors (Lipinski definition) is 2. The summed E-state index contributed by atoms with van der Waals surface area (Å²) in [6.07, 6.45) is -0.0834. The summed E-state index contributed by atoms with van der Waals surface area (Å²) in [5.41, 5.74) is 6.96. The molecule has 0 bridgehead atoms. The van der Waals surface area contributed by atoms with Gasteiger partial charge >= 0.3 is 0 Å². The number of benzene rings is 2. The van der Waals surface area contributed by atoms with Crippen molar-refractivity contribution in [1.29, 1.82) is 0 Å². The summed E-state index contributed by atoms with van der Waals surface area (Å²) in [6, 6.07) is 11.6. The second kappa shape index (κ2) is 21.2. The quantitative estimate of drug-likeness (QED) is 0.170. The molecule has 3 amide bonds. The van der Waals surface area contributed by atoms with E-state index in [0.717, 1.165) is 17.2 Å². The van der Waals surface area contributed by atoms with E-state index in [4.69, 9.17) is 15.2 Å². The number of nitrogens with two attached hydrogens (primary N) is 1. The van der Waals surface area contributed by atoms with Gasteiger partial charge in [0.25, 0.3) is 0 Å². The van der Waals surface area contributed by atoms with E-state index in [-0.39, 0.29) is 85.1 Å². The Morgan fingerprint density at radius 1 is 0.893 bits per heavy atom. The molecule has 9 atom stereocenters. The molecule has 0 unspecified atom stereocenters. The first-order valence-corrected chi connectivity index (χ1v) is 20.2. The minimum atomic E-state index is -0.705. The third-order valence-corrected chi connectivity index (χ3v) is 11.9. The van der Waals surface area contributed by atoms with Crippen LogP contribution in [0.5, 0.6) is 0 Å². The summed E-state index contributed by atoms with van der Waals surface area (Å²) in [5, 5.41) is 4.75. The number of nitrogens with one attached hydrogen (secondary N) is 1. The van der Waals surface area contributed by atoms with Crippen LogP contribution >= 0.6 is 0 Å². The molecule has 0 radical (unpaired) electrons. The van der Waals surface area contributed by atoms with Crippen molar-refractivity contribution in [2.75, 3.05) is 48.5 Å². The second-order valence-electron chi connectivity index (χ2n) is 16.8. The Morgan fingerprint density at radius 3 is 2.09 bits per heavy atom. The number of amides is 3. The molecule has 1 saturated heterocycles. The molecule has 1 aliphatic heterocycles. The van der Waals surface area contributed by atoms with Crippen LogP contribution in [0.25, 0.3) is 10.8 Å². The van der Waals surface area contributed by atoms with E-state index in [0.29, 0.717) is 12.0 Å². The van der Waals surface area contributed by atoms with Crippen LogP contribution < -0.4 is 11.1 Å². The summed E-state index contributed by atoms with van der Waals surface area (Å²) >= 11 is 0. The number of rotatable bonds is 21. The van der Waals surface area contributed by atoms with Crippen LogP contribution in [-0.4, -0.2) is 129 Å². The van der Waals surface area contributed by atoms with Gasteiger partial charge in [-0.1, -0.05) is 91.3 Å². The number of ketones is 2. The van der Waals surface area contributed by atoms with Crippen LogP contribution in [0.3, 0.4) is 0 Å². The number of methoxy groups -OCH3 is 2. The zero-order valence-corrected chi connectivity index (χ0v) is 35.9. The summed E-state index contributed by atoms with van der Waals surface area (Å²) in [5.74, 6) is -2.16. The van der Waals surface area contributed by atoms with E-state index in [1.54, 1.807) is 36.9 Å². The van der Waals surface area contributed by atoms with E-state index in [2.05, 4.69) is 5.32 Å². The predicted molar refractivity (Wildman–Crippen MR) is 221 cm³/mol. The SMILES string of the molecule is CC[C@H](C)[C@@H]([C@@H](CC(=O)N1C[C@@H](N)C[C@H]1[C@H](OC)[C@@H](C)C(=O)NCC(=O)c1ccc2ccccc2c1)OC)N(C)C(=O)[C@@H](CC(=O)[C@H](C(C)C)N(C)C)C(C)C. The zero-order valence-electron chi connectivity index (χ0n) is 35.9. The molecule has 1 aliphatic rings. The summed E-state index contributed by atoms with van der Waals surface area (Å²) in [6.45, 7) is 13.9. The zero-order chi connectivity index (χ0) is 42.0. The minimum Gasteiger partial charge on any atom is -0.379 e. The van der Waals surface area contributed by atoms with Crippen molar-refractivity contribution < 1.29 is 33.4 Å². The highest BCUT2D eigenvalue weighted by Gasteiger charge is 2.45. The molecule has 2 aromatic rings. The first-order chi connectivity index (χ1) is 26.4. The van der Waals surface area contributed by atoms with Crippen LogP contribution in [0, 0.1) is 29.6 Å². The van der Waals surface area contributed by atoms with E-state index in [1.165, 1.54) is 7.11 Å². The number of Topliss-reactive ketones (excluding diaryl/α,β-unsaturated/α-hetero) is 2. The number of likely N-dealkylation sites (N-methyl/N-ethyl adjacent to an activating group) is 2. The Morgan fingerprint density at radius 2 is 1.54 bits per heavy atom. The van der Waals surface area contributed by atoms with Crippen molar-refractivity contribution in [3.8, 4) is 0 Å². The van der Waals surface area contributed by atoms with Gasteiger partial charge in [0.1, 0.15) is 0 Å². The molecule has 0 saturated carbocycles. The number of hydrogen-bond acceptors (Lipinski definition) is 9. The number of ether oxygens (including phenoxy) is 2. The monoisotopic (exact) mass is 780 g/mol. The van der Waals surface area contributed by atoms with Gasteiger partial charge in [0, 0.05) is 51.8 Å². The number of carbonyl (C=O) groups is 5. The van der Waals surface area contributed by atoms with E-state index in [1.807, 2.05) is 96.9 Å². The van der Waals surface area contributed by atoms with Gasteiger partial charge in [0.2, 0.25) is 17.7 Å². The number of nitrogens with zero attached hydrogens (tertiary/aromatic N) is 3. The molecule has 12 heteroatoms. The van der Waals surface area contributed by atoms with Crippen LogP contribution in [0.4, 0.5) is 0 Å². The highest BCUT2D eigenvalue weighted by atomic mass is 16.5. The lowest BCUT2D eigenvalue weighted by molar-refractivity contribution is -0.149. The lowest BCUT2D eigenvalue weighted by atomic mass is 9.83. The lowest BCUT2D eigenvalue weighted by Crippen LogP contribution is -2.54. The smallest absolute Gasteiger partial charge is 0.226 e. The van der Waals surface area contributed by atoms with Gasteiger partial charge in [0.15, 0.2) is 11.6 Å². The van der Waals surface area contributed by atoms with Gasteiger partial charge in [-0.3, -0.25) is 28.9 Å². The highest BCUT2D eigenvalue weighted by molar-refractivity contribution is 6.02. The van der Waals surface area contributed by atoms with Crippen molar-refractivity contribution >= 4 is 40.1 Å². The summed E-state index contributed by atoms with van der Waals surface area (Å²) in [4.78, 5) is 74.0. The van der Waals surface area contributed by atoms with Gasteiger partial charge in [-0.15, -0.1) is 0 Å². The topological polar surface area (TPSA) is 152 Å². The Labute approximate surface area is 335 Å². The van der Waals surface area contributed by atoms with Crippen LogP contribution in [0.15, 0.2) is 42.5 Å². The maximum Gasteiger partial charge on any atom is 0.226 e. The van der Waals surface area contributed by atoms with Crippen molar-refractivity contribution in [3.63, 3.8) is 0 Å². The van der Waals surface area contributed by atoms with E-state index >= 15 is 0 Å². The molecule has 3 rings (SSSR count). The molecular formula is C44H69N5O7. The fraction of sp³-hybridized carbons (Fsp3) is 0.659. The van der Waals surface area contributed by atoms with Crippen LogP contribution in [-0.2, 0) is 28.7 Å². The van der Waals surface area contributed by atoms with Gasteiger partial charge in [-0.2, -0.15) is 0 Å². The third-order valence-electron chi connectivity index (χ3n) is 11.9. The number of likely N-dealkylation sites (tertiary alicyclic amines) is 1. The largest absolute Gasteiger partial charge is 0.379 e. The average Bonchev–Trinajstić information content (AvgIpc) is 3.55. The average molecular weight is 780 g/mol. The predicted octanol–water partition coefficient (Wildman–Crippen LogP) is 4.81. The summed E-state index contributed by atoms with van der Waals surface area (Å²) in [7, 11) is 8.59. The van der Waals surface area contributed by atoms with Gasteiger partial charge in [-0.05, 0) is 55.1 Å². The maximum atomic E-state index is 14.3. The Kier molecular flexibility index (Phi) is 17.6.